The zero-order valence-electron chi connectivity index (χ0n) is 16.8. The van der Waals surface area contributed by atoms with E-state index in [1.807, 2.05) is 0 Å². The molecule has 5 atom stereocenters. The van der Waals surface area contributed by atoms with Gasteiger partial charge in [0.25, 0.3) is 0 Å². The molecule has 9 N–H and O–H groups in total. The maximum atomic E-state index is 12.9. The third-order valence-electron chi connectivity index (χ3n) is 4.64. The molecule has 0 aromatic carbocycles. The zero-order valence-corrected chi connectivity index (χ0v) is 16.8. The Balaban J connectivity index is 2.97. The zero-order chi connectivity index (χ0) is 23.9. The van der Waals surface area contributed by atoms with Crippen LogP contribution in [0.1, 0.15) is 32.6 Å². The molecule has 0 aromatic rings. The number of hydrogen-bond donors (Lipinski definition) is 7. The number of rotatable bonds is 11. The minimum atomic E-state index is -1.61. The number of aliphatic hydroxyl groups is 1. The number of primary amides is 1. The van der Waals surface area contributed by atoms with Crippen molar-refractivity contribution >= 4 is 35.6 Å². The molecule has 0 radical (unpaired) electrons. The van der Waals surface area contributed by atoms with Crippen LogP contribution in [0.5, 0.6) is 0 Å². The summed E-state index contributed by atoms with van der Waals surface area (Å²) in [6, 6.07) is -5.71. The SMILES string of the molecule is CC(O)C(NC(=O)C1CCCN1C(=O)C(CC(=O)O)NC(=O)C(N)CC(N)=O)C(=O)O. The molecule has 0 bridgehead atoms. The van der Waals surface area contributed by atoms with Crippen LogP contribution in [0.3, 0.4) is 0 Å². The topological polar surface area (TPSA) is 242 Å². The van der Waals surface area contributed by atoms with Crippen LogP contribution in [-0.2, 0) is 28.8 Å². The van der Waals surface area contributed by atoms with Gasteiger partial charge in [-0.1, -0.05) is 0 Å². The lowest BCUT2D eigenvalue weighted by Crippen LogP contribution is -2.58. The predicted octanol–water partition coefficient (Wildman–Crippen LogP) is -3.91. The van der Waals surface area contributed by atoms with Crippen LogP contribution in [0.25, 0.3) is 0 Å². The minimum Gasteiger partial charge on any atom is -0.481 e. The van der Waals surface area contributed by atoms with E-state index >= 15 is 0 Å². The van der Waals surface area contributed by atoms with Gasteiger partial charge in [0.05, 0.1) is 25.0 Å². The van der Waals surface area contributed by atoms with E-state index in [9.17, 15) is 33.9 Å². The van der Waals surface area contributed by atoms with Gasteiger partial charge in [0.2, 0.25) is 23.6 Å². The highest BCUT2D eigenvalue weighted by molar-refractivity contribution is 5.96. The summed E-state index contributed by atoms with van der Waals surface area (Å²) in [5, 5.41) is 32.0. The summed E-state index contributed by atoms with van der Waals surface area (Å²) in [5.41, 5.74) is 10.5. The fraction of sp³-hybridized carbons (Fsp3) is 0.647. The largest absolute Gasteiger partial charge is 0.481 e. The van der Waals surface area contributed by atoms with E-state index in [4.69, 9.17) is 21.7 Å². The van der Waals surface area contributed by atoms with Crippen molar-refractivity contribution in [3.63, 3.8) is 0 Å². The molecular weight excluding hydrogens is 418 g/mol. The minimum absolute atomic E-state index is 0.0582. The van der Waals surface area contributed by atoms with E-state index in [1.54, 1.807) is 0 Å². The second-order valence-corrected chi connectivity index (χ2v) is 7.19. The number of carbonyl (C=O) groups is 6. The van der Waals surface area contributed by atoms with Gasteiger partial charge in [-0.05, 0) is 19.8 Å². The Labute approximate surface area is 176 Å². The monoisotopic (exact) mass is 445 g/mol. The molecule has 0 aromatic heterocycles. The lowest BCUT2D eigenvalue weighted by molar-refractivity contribution is -0.148. The Kier molecular flexibility index (Phi) is 9.33. The van der Waals surface area contributed by atoms with Crippen molar-refractivity contribution in [2.75, 3.05) is 6.54 Å². The molecule has 1 rings (SSSR count). The quantitative estimate of drug-likeness (QED) is 0.163. The van der Waals surface area contributed by atoms with Crippen molar-refractivity contribution in [3.05, 3.63) is 0 Å². The van der Waals surface area contributed by atoms with Crippen LogP contribution in [0.2, 0.25) is 0 Å². The smallest absolute Gasteiger partial charge is 0.328 e. The molecule has 0 spiro atoms. The van der Waals surface area contributed by atoms with Gasteiger partial charge >= 0.3 is 11.9 Å². The summed E-state index contributed by atoms with van der Waals surface area (Å²) in [6.45, 7) is 1.23. The van der Waals surface area contributed by atoms with Gasteiger partial charge in [0.1, 0.15) is 12.1 Å². The number of aliphatic carboxylic acids is 2. The molecule has 14 heteroatoms. The highest BCUT2D eigenvalue weighted by Crippen LogP contribution is 2.20. The number of nitrogens with one attached hydrogen (secondary N) is 2. The number of nitrogens with two attached hydrogens (primary N) is 2. The standard InChI is InChI=1S/C17H27N5O9/c1-7(23)13(17(30)31)21-15(28)10-3-2-4-22(10)16(29)9(6-12(25)26)20-14(27)8(18)5-11(19)24/h7-10,13,23H,2-6,18H2,1H3,(H2,19,24)(H,20,27)(H,21,28)(H,25,26)(H,30,31). The third-order valence-corrected chi connectivity index (χ3v) is 4.64. The first-order valence-corrected chi connectivity index (χ1v) is 9.42. The molecule has 1 aliphatic rings. The number of carboxylic acid groups (broad SMARTS) is 2. The van der Waals surface area contributed by atoms with Crippen LogP contribution >= 0.6 is 0 Å². The summed E-state index contributed by atoms with van der Waals surface area (Å²) in [5.74, 6) is -6.46. The number of nitrogens with zero attached hydrogens (tertiary/aromatic N) is 1. The first-order valence-electron chi connectivity index (χ1n) is 9.42. The summed E-state index contributed by atoms with van der Waals surface area (Å²) in [7, 11) is 0. The molecule has 14 nitrogen and oxygen atoms in total. The molecule has 4 amide bonds. The number of carbonyl (C=O) groups excluding carboxylic acids is 4. The number of likely N-dealkylation sites (tertiary alicyclic amines) is 1. The Hall–Kier alpha value is -3.26. The maximum Gasteiger partial charge on any atom is 0.328 e. The Morgan fingerprint density at radius 3 is 2.19 bits per heavy atom. The normalized spacial score (nSPS) is 19.6. The average molecular weight is 445 g/mol. The fourth-order valence-corrected chi connectivity index (χ4v) is 3.10. The molecule has 0 aliphatic carbocycles. The van der Waals surface area contributed by atoms with Gasteiger partial charge < -0.3 is 42.3 Å². The van der Waals surface area contributed by atoms with E-state index in [0.29, 0.717) is 6.42 Å². The molecule has 5 unspecified atom stereocenters. The Morgan fingerprint density at radius 1 is 1.10 bits per heavy atom. The summed E-state index contributed by atoms with van der Waals surface area (Å²) >= 11 is 0. The van der Waals surface area contributed by atoms with Crippen LogP contribution in [0.4, 0.5) is 0 Å². The van der Waals surface area contributed by atoms with Gasteiger partial charge in [-0.25, -0.2) is 4.79 Å². The first kappa shape index (κ1) is 25.8. The van der Waals surface area contributed by atoms with Gasteiger partial charge in [0, 0.05) is 6.54 Å². The number of amides is 4. The van der Waals surface area contributed by atoms with Gasteiger partial charge in [0.15, 0.2) is 6.04 Å². The molecule has 1 fully saturated rings. The third kappa shape index (κ3) is 7.49. The fourth-order valence-electron chi connectivity index (χ4n) is 3.10. The molecule has 174 valence electrons. The highest BCUT2D eigenvalue weighted by Gasteiger charge is 2.40. The van der Waals surface area contributed by atoms with Crippen molar-refractivity contribution in [3.8, 4) is 0 Å². The predicted molar refractivity (Wildman–Crippen MR) is 102 cm³/mol. The Bertz CT molecular complexity index is 742. The molecular formula is C17H27N5O9. The van der Waals surface area contributed by atoms with E-state index in [-0.39, 0.29) is 13.0 Å². The molecule has 0 saturated carbocycles. The average Bonchev–Trinajstić information content (AvgIpc) is 3.13. The van der Waals surface area contributed by atoms with Gasteiger partial charge in [-0.15, -0.1) is 0 Å². The van der Waals surface area contributed by atoms with Gasteiger partial charge in [-0.2, -0.15) is 0 Å². The van der Waals surface area contributed by atoms with Crippen molar-refractivity contribution < 1.29 is 44.1 Å². The van der Waals surface area contributed by atoms with Crippen LogP contribution < -0.4 is 22.1 Å². The first-order chi connectivity index (χ1) is 14.3. The second-order valence-electron chi connectivity index (χ2n) is 7.19. The Morgan fingerprint density at radius 2 is 1.71 bits per heavy atom. The highest BCUT2D eigenvalue weighted by atomic mass is 16.4. The van der Waals surface area contributed by atoms with E-state index in [1.165, 1.54) is 6.92 Å². The van der Waals surface area contributed by atoms with E-state index in [0.717, 1.165) is 4.90 Å². The second kappa shape index (κ2) is 11.2. The van der Waals surface area contributed by atoms with Crippen molar-refractivity contribution in [1.82, 2.24) is 15.5 Å². The number of aliphatic hydroxyl groups excluding tert-OH is 1. The molecule has 31 heavy (non-hydrogen) atoms. The lowest BCUT2D eigenvalue weighted by Gasteiger charge is -2.29. The van der Waals surface area contributed by atoms with Crippen LogP contribution in [-0.4, -0.2) is 92.6 Å². The lowest BCUT2D eigenvalue weighted by atomic mass is 10.1. The van der Waals surface area contributed by atoms with Crippen LogP contribution in [0, 0.1) is 0 Å². The van der Waals surface area contributed by atoms with Crippen molar-refractivity contribution in [1.29, 1.82) is 0 Å². The summed E-state index contributed by atoms with van der Waals surface area (Å²) < 4.78 is 0. The van der Waals surface area contributed by atoms with Crippen molar-refractivity contribution in [2.24, 2.45) is 11.5 Å². The van der Waals surface area contributed by atoms with Crippen molar-refractivity contribution in [2.45, 2.75) is 62.9 Å². The summed E-state index contributed by atoms with van der Waals surface area (Å²) in [4.78, 5) is 71.8. The number of hydrogen-bond acceptors (Lipinski definition) is 8. The molecule has 1 heterocycles. The van der Waals surface area contributed by atoms with E-state index in [2.05, 4.69) is 10.6 Å². The van der Waals surface area contributed by atoms with Gasteiger partial charge in [-0.3, -0.25) is 24.0 Å². The van der Waals surface area contributed by atoms with Crippen LogP contribution in [0.15, 0.2) is 0 Å². The number of carboxylic acids is 2. The summed E-state index contributed by atoms with van der Waals surface area (Å²) in [6.07, 6.45) is -2.21. The van der Waals surface area contributed by atoms with E-state index < -0.39 is 78.7 Å². The molecule has 1 saturated heterocycles. The maximum absolute atomic E-state index is 12.9. The molecule has 1 aliphatic heterocycles.